The molecule has 0 radical (unpaired) electrons. The number of benzene rings is 2. The van der Waals surface area contributed by atoms with Gasteiger partial charge in [0.2, 0.25) is 0 Å². The first kappa shape index (κ1) is 19.4. The van der Waals surface area contributed by atoms with Crippen LogP contribution in [-0.2, 0) is 4.79 Å². The van der Waals surface area contributed by atoms with E-state index in [9.17, 15) is 4.79 Å². The Labute approximate surface area is 167 Å². The summed E-state index contributed by atoms with van der Waals surface area (Å²) < 4.78 is 10.6. The smallest absolute Gasteiger partial charge is 0.277 e. The van der Waals surface area contributed by atoms with Crippen LogP contribution in [0, 0.1) is 6.92 Å². The highest BCUT2D eigenvalue weighted by Crippen LogP contribution is 2.23. The van der Waals surface area contributed by atoms with Crippen molar-refractivity contribution in [2.24, 2.45) is 5.10 Å². The van der Waals surface area contributed by atoms with Gasteiger partial charge in [-0.05, 0) is 55.0 Å². The molecule has 1 amide bonds. The van der Waals surface area contributed by atoms with Crippen molar-refractivity contribution in [1.29, 1.82) is 0 Å². The van der Waals surface area contributed by atoms with Gasteiger partial charge in [0.05, 0.1) is 25.2 Å². The van der Waals surface area contributed by atoms with Gasteiger partial charge >= 0.3 is 0 Å². The van der Waals surface area contributed by atoms with Gasteiger partial charge in [0.1, 0.15) is 11.5 Å². The molecule has 3 rings (SSSR count). The number of methoxy groups -OCH3 is 1. The summed E-state index contributed by atoms with van der Waals surface area (Å²) in [6.45, 7) is 1.70. The van der Waals surface area contributed by atoms with Crippen molar-refractivity contribution in [2.45, 2.75) is 6.92 Å². The van der Waals surface area contributed by atoms with Gasteiger partial charge < -0.3 is 9.47 Å². The normalized spacial score (nSPS) is 10.8. The number of nitrogens with zero attached hydrogens (tertiary/aromatic N) is 2. The van der Waals surface area contributed by atoms with Crippen molar-refractivity contribution in [2.75, 3.05) is 13.7 Å². The van der Waals surface area contributed by atoms with Crippen LogP contribution in [0.4, 0.5) is 0 Å². The monoisotopic (exact) mass is 398 g/mol. The number of ether oxygens (including phenoxy) is 2. The summed E-state index contributed by atoms with van der Waals surface area (Å²) in [6, 6.07) is 12.7. The summed E-state index contributed by atoms with van der Waals surface area (Å²) >= 11 is 5.90. The van der Waals surface area contributed by atoms with E-state index in [-0.39, 0.29) is 12.5 Å². The van der Waals surface area contributed by atoms with Gasteiger partial charge in [0.15, 0.2) is 6.61 Å². The Hall–Kier alpha value is -3.32. The largest absolute Gasteiger partial charge is 0.497 e. The first-order valence-corrected chi connectivity index (χ1v) is 8.83. The van der Waals surface area contributed by atoms with Crippen LogP contribution in [0.2, 0.25) is 5.02 Å². The number of amides is 1. The van der Waals surface area contributed by atoms with Gasteiger partial charge in [-0.25, -0.2) is 5.43 Å². The Morgan fingerprint density at radius 2 is 2.07 bits per heavy atom. The lowest BCUT2D eigenvalue weighted by Gasteiger charge is -2.08. The summed E-state index contributed by atoms with van der Waals surface area (Å²) in [5, 5.41) is 11.6. The van der Waals surface area contributed by atoms with Crippen LogP contribution < -0.4 is 14.9 Å². The molecule has 8 heteroatoms. The Morgan fingerprint density at radius 1 is 1.29 bits per heavy atom. The second-order valence-corrected chi connectivity index (χ2v) is 6.36. The fraction of sp³-hybridized carbons (Fsp3) is 0.150. The van der Waals surface area contributed by atoms with Crippen LogP contribution in [0.25, 0.3) is 11.3 Å². The van der Waals surface area contributed by atoms with E-state index in [1.807, 2.05) is 31.2 Å². The second-order valence-electron chi connectivity index (χ2n) is 5.92. The lowest BCUT2D eigenvalue weighted by Crippen LogP contribution is -2.24. The van der Waals surface area contributed by atoms with Gasteiger partial charge in [0.25, 0.3) is 5.91 Å². The van der Waals surface area contributed by atoms with Crippen LogP contribution >= 0.6 is 11.6 Å². The zero-order chi connectivity index (χ0) is 19.9. The summed E-state index contributed by atoms with van der Waals surface area (Å²) in [6.07, 6.45) is 3.15. The van der Waals surface area contributed by atoms with E-state index in [4.69, 9.17) is 21.1 Å². The maximum Gasteiger partial charge on any atom is 0.277 e. The van der Waals surface area contributed by atoms with E-state index < -0.39 is 0 Å². The summed E-state index contributed by atoms with van der Waals surface area (Å²) in [5.74, 6) is 0.988. The molecule has 7 nitrogen and oxygen atoms in total. The number of rotatable bonds is 7. The lowest BCUT2D eigenvalue weighted by molar-refractivity contribution is -0.123. The highest BCUT2D eigenvalue weighted by Gasteiger charge is 2.07. The number of hydrogen-bond donors (Lipinski definition) is 2. The van der Waals surface area contributed by atoms with Crippen LogP contribution in [0.1, 0.15) is 11.1 Å². The van der Waals surface area contributed by atoms with Crippen LogP contribution in [0.5, 0.6) is 11.5 Å². The average molecular weight is 399 g/mol. The molecule has 0 unspecified atom stereocenters. The number of aromatic nitrogens is 2. The standard InChI is InChI=1S/C20H19ClN4O3/c1-13-9-16(21)5-8-18(13)28-12-19(26)24-22-10-15-11-23-25-20(15)14-3-6-17(27-2)7-4-14/h3-11H,12H2,1-2H3,(H,23,25)(H,24,26)/b22-10-. The zero-order valence-electron chi connectivity index (χ0n) is 15.4. The molecule has 1 aromatic heterocycles. The van der Waals surface area contributed by atoms with E-state index >= 15 is 0 Å². The molecular formula is C20H19ClN4O3. The zero-order valence-corrected chi connectivity index (χ0v) is 16.2. The van der Waals surface area contributed by atoms with Crippen molar-refractivity contribution < 1.29 is 14.3 Å². The number of aryl methyl sites for hydroxylation is 1. The molecule has 0 saturated heterocycles. The molecular weight excluding hydrogens is 380 g/mol. The number of carbonyl (C=O) groups is 1. The average Bonchev–Trinajstić information content (AvgIpc) is 3.16. The number of hydrogen-bond acceptors (Lipinski definition) is 5. The minimum atomic E-state index is -0.375. The maximum atomic E-state index is 11.9. The highest BCUT2D eigenvalue weighted by molar-refractivity contribution is 6.30. The molecule has 0 aliphatic carbocycles. The Bertz CT molecular complexity index is 983. The first-order valence-electron chi connectivity index (χ1n) is 8.45. The Balaban J connectivity index is 1.57. The van der Waals surface area contributed by atoms with Crippen LogP contribution in [0.3, 0.4) is 0 Å². The minimum Gasteiger partial charge on any atom is -0.497 e. The van der Waals surface area contributed by atoms with Gasteiger partial charge in [-0.15, -0.1) is 0 Å². The number of nitrogens with one attached hydrogen (secondary N) is 2. The molecule has 2 aromatic carbocycles. The molecule has 144 valence electrons. The third-order valence-electron chi connectivity index (χ3n) is 3.94. The number of aromatic amines is 1. The second kappa shape index (κ2) is 9.05. The highest BCUT2D eigenvalue weighted by atomic mass is 35.5. The number of halogens is 1. The molecule has 0 atom stereocenters. The molecule has 0 aliphatic heterocycles. The number of hydrazone groups is 1. The Morgan fingerprint density at radius 3 is 2.79 bits per heavy atom. The fourth-order valence-electron chi connectivity index (χ4n) is 2.51. The van der Waals surface area contributed by atoms with Crippen molar-refractivity contribution >= 4 is 23.7 Å². The van der Waals surface area contributed by atoms with E-state index in [1.54, 1.807) is 31.5 Å². The minimum absolute atomic E-state index is 0.156. The van der Waals surface area contributed by atoms with Crippen LogP contribution in [0.15, 0.2) is 53.8 Å². The maximum absolute atomic E-state index is 11.9. The molecule has 2 N–H and O–H groups in total. The van der Waals surface area contributed by atoms with Gasteiger partial charge in [-0.3, -0.25) is 9.89 Å². The third kappa shape index (κ3) is 4.89. The van der Waals surface area contributed by atoms with Crippen molar-refractivity contribution in [3.63, 3.8) is 0 Å². The molecule has 0 aliphatic rings. The molecule has 0 bridgehead atoms. The Kier molecular flexibility index (Phi) is 6.29. The quantitative estimate of drug-likeness (QED) is 0.470. The predicted octanol–water partition coefficient (Wildman–Crippen LogP) is 3.58. The summed E-state index contributed by atoms with van der Waals surface area (Å²) in [5.41, 5.74) is 5.74. The van der Waals surface area contributed by atoms with Crippen LogP contribution in [-0.4, -0.2) is 36.0 Å². The lowest BCUT2D eigenvalue weighted by atomic mass is 10.1. The van der Waals surface area contributed by atoms with E-state index in [2.05, 4.69) is 20.7 Å². The molecule has 0 saturated carbocycles. The summed E-state index contributed by atoms with van der Waals surface area (Å²) in [4.78, 5) is 11.9. The topological polar surface area (TPSA) is 88.6 Å². The first-order chi connectivity index (χ1) is 13.6. The number of carbonyl (C=O) groups excluding carboxylic acids is 1. The van der Waals surface area contributed by atoms with Crippen molar-refractivity contribution in [3.05, 3.63) is 64.8 Å². The molecule has 3 aromatic rings. The predicted molar refractivity (Wildman–Crippen MR) is 108 cm³/mol. The van der Waals surface area contributed by atoms with E-state index in [1.165, 1.54) is 6.21 Å². The van der Waals surface area contributed by atoms with Gasteiger partial charge in [0, 0.05) is 16.1 Å². The van der Waals surface area contributed by atoms with Gasteiger partial charge in [-0.1, -0.05) is 11.6 Å². The number of H-pyrrole nitrogens is 1. The summed E-state index contributed by atoms with van der Waals surface area (Å²) in [7, 11) is 1.62. The molecule has 0 fully saturated rings. The van der Waals surface area contributed by atoms with Gasteiger partial charge in [-0.2, -0.15) is 10.2 Å². The molecule has 1 heterocycles. The van der Waals surface area contributed by atoms with E-state index in [0.717, 1.165) is 28.1 Å². The fourth-order valence-corrected chi connectivity index (χ4v) is 2.73. The SMILES string of the molecule is COc1ccc(-c2[nH]ncc2/C=N\NC(=O)COc2ccc(Cl)cc2C)cc1. The molecule has 0 spiro atoms. The van der Waals surface area contributed by atoms with Crippen molar-refractivity contribution in [1.82, 2.24) is 15.6 Å². The van der Waals surface area contributed by atoms with Crippen molar-refractivity contribution in [3.8, 4) is 22.8 Å². The third-order valence-corrected chi connectivity index (χ3v) is 4.17. The van der Waals surface area contributed by atoms with E-state index in [0.29, 0.717) is 10.8 Å². The molecule has 28 heavy (non-hydrogen) atoms.